The van der Waals surface area contributed by atoms with Gasteiger partial charge in [-0.05, 0) is 38.0 Å². The molecule has 2 atom stereocenters. The average Bonchev–Trinajstić information content (AvgIpc) is 2.71. The van der Waals surface area contributed by atoms with Crippen LogP contribution in [0.4, 0.5) is 18.0 Å². The number of hydrogen-bond acceptors (Lipinski definition) is 4. The normalized spacial score (nSPS) is 24.5. The molecule has 0 aromatic heterocycles. The summed E-state index contributed by atoms with van der Waals surface area (Å²) in [6.45, 7) is 5.67. The van der Waals surface area contributed by atoms with Gasteiger partial charge < -0.3 is 19.3 Å². The largest absolute Gasteiger partial charge is 0.469 e. The van der Waals surface area contributed by atoms with E-state index in [1.807, 2.05) is 13.8 Å². The maximum absolute atomic E-state index is 13.2. The number of hydrogen-bond donors (Lipinski definition) is 0. The van der Waals surface area contributed by atoms with Crippen LogP contribution in [-0.2, 0) is 20.4 Å². The number of nitrogens with zero attached hydrogens (tertiary/aromatic N) is 2. The van der Waals surface area contributed by atoms with Crippen LogP contribution in [0.25, 0.3) is 0 Å². The van der Waals surface area contributed by atoms with Gasteiger partial charge in [-0.25, -0.2) is 4.79 Å². The molecule has 2 fully saturated rings. The first-order chi connectivity index (χ1) is 14.0. The van der Waals surface area contributed by atoms with E-state index in [0.717, 1.165) is 12.1 Å². The number of ether oxygens (including phenoxy) is 2. The van der Waals surface area contributed by atoms with E-state index in [2.05, 4.69) is 0 Å². The average molecular weight is 428 g/mol. The molecular formula is C21H27F3N2O4. The van der Waals surface area contributed by atoms with Crippen molar-refractivity contribution in [1.82, 2.24) is 9.80 Å². The van der Waals surface area contributed by atoms with Crippen molar-refractivity contribution in [2.75, 3.05) is 39.9 Å². The van der Waals surface area contributed by atoms with E-state index in [4.69, 9.17) is 9.47 Å². The molecule has 1 aromatic rings. The van der Waals surface area contributed by atoms with Gasteiger partial charge in [-0.2, -0.15) is 13.2 Å². The monoisotopic (exact) mass is 428 g/mol. The molecule has 0 spiro atoms. The highest BCUT2D eigenvalue weighted by atomic mass is 19.4. The van der Waals surface area contributed by atoms with Gasteiger partial charge in [0.2, 0.25) is 0 Å². The lowest BCUT2D eigenvalue weighted by atomic mass is 9.84. The Balaban J connectivity index is 1.80. The first-order valence-electron chi connectivity index (χ1n) is 9.93. The zero-order chi connectivity index (χ0) is 22.1. The molecule has 1 aromatic carbocycles. The van der Waals surface area contributed by atoms with Gasteiger partial charge in [-0.1, -0.05) is 12.1 Å². The summed E-state index contributed by atoms with van der Waals surface area (Å²) in [4.78, 5) is 28.7. The SMILES string of the molecule is COC(=O)C1CC(c2ccc(C(F)(F)F)cc2)CN(C(=O)N2CCOC(C)(C)C2)C1. The van der Waals surface area contributed by atoms with Gasteiger partial charge in [0.15, 0.2) is 0 Å². The standard InChI is InChI=1S/C21H27F3N2O4/c1-20(2)13-25(8-9-30-20)19(28)26-11-15(10-16(12-26)18(27)29-3)14-4-6-17(7-5-14)21(22,23)24/h4-7,15-16H,8-13H2,1-3H3. The number of amides is 2. The molecule has 2 unspecified atom stereocenters. The number of halogens is 3. The van der Waals surface area contributed by atoms with E-state index in [1.54, 1.807) is 9.80 Å². The Bertz CT molecular complexity index is 779. The van der Waals surface area contributed by atoms with Crippen molar-refractivity contribution in [3.05, 3.63) is 35.4 Å². The van der Waals surface area contributed by atoms with E-state index in [1.165, 1.54) is 19.2 Å². The smallest absolute Gasteiger partial charge is 0.416 e. The number of piperidine rings is 1. The number of likely N-dealkylation sites (tertiary alicyclic amines) is 1. The van der Waals surface area contributed by atoms with Crippen molar-refractivity contribution in [2.24, 2.45) is 5.92 Å². The third-order valence-corrected chi connectivity index (χ3v) is 5.66. The molecule has 0 aliphatic carbocycles. The summed E-state index contributed by atoms with van der Waals surface area (Å²) < 4.78 is 49.2. The first-order valence-corrected chi connectivity index (χ1v) is 9.93. The highest BCUT2D eigenvalue weighted by molar-refractivity contribution is 5.78. The second-order valence-electron chi connectivity index (χ2n) is 8.49. The summed E-state index contributed by atoms with van der Waals surface area (Å²) in [5, 5.41) is 0. The summed E-state index contributed by atoms with van der Waals surface area (Å²) >= 11 is 0. The quantitative estimate of drug-likeness (QED) is 0.677. The Morgan fingerprint density at radius 1 is 1.13 bits per heavy atom. The molecule has 0 bridgehead atoms. The number of rotatable bonds is 2. The van der Waals surface area contributed by atoms with E-state index in [0.29, 0.717) is 38.2 Å². The predicted molar refractivity (Wildman–Crippen MR) is 103 cm³/mol. The van der Waals surface area contributed by atoms with Crippen LogP contribution in [0.5, 0.6) is 0 Å². The number of benzene rings is 1. The molecule has 6 nitrogen and oxygen atoms in total. The second kappa shape index (κ2) is 8.45. The minimum absolute atomic E-state index is 0.197. The molecule has 30 heavy (non-hydrogen) atoms. The van der Waals surface area contributed by atoms with Gasteiger partial charge in [-0.15, -0.1) is 0 Å². The summed E-state index contributed by atoms with van der Waals surface area (Å²) in [5.74, 6) is -1.22. The number of urea groups is 1. The minimum Gasteiger partial charge on any atom is -0.469 e. The van der Waals surface area contributed by atoms with Crippen LogP contribution in [0, 0.1) is 5.92 Å². The zero-order valence-electron chi connectivity index (χ0n) is 17.4. The Kier molecular flexibility index (Phi) is 6.31. The molecule has 0 saturated carbocycles. The summed E-state index contributed by atoms with van der Waals surface area (Å²) in [7, 11) is 1.29. The molecule has 2 amide bonds. The lowest BCUT2D eigenvalue weighted by Crippen LogP contribution is -2.57. The molecule has 2 aliphatic rings. The summed E-state index contributed by atoms with van der Waals surface area (Å²) in [6.07, 6.45) is -4.00. The molecule has 3 rings (SSSR count). The van der Waals surface area contributed by atoms with Crippen molar-refractivity contribution >= 4 is 12.0 Å². The Labute approximate surface area is 173 Å². The Hall–Kier alpha value is -2.29. The number of methoxy groups -OCH3 is 1. The molecule has 0 N–H and O–H groups in total. The molecule has 2 saturated heterocycles. The number of carbonyl (C=O) groups excluding carboxylic acids is 2. The Morgan fingerprint density at radius 3 is 2.37 bits per heavy atom. The summed E-state index contributed by atoms with van der Waals surface area (Å²) in [5.41, 5.74) is -0.523. The fraction of sp³-hybridized carbons (Fsp3) is 0.619. The van der Waals surface area contributed by atoms with Crippen LogP contribution in [0.2, 0.25) is 0 Å². The van der Waals surface area contributed by atoms with Crippen LogP contribution < -0.4 is 0 Å². The van der Waals surface area contributed by atoms with E-state index in [9.17, 15) is 22.8 Å². The number of morpholine rings is 1. The van der Waals surface area contributed by atoms with Crippen LogP contribution in [0.3, 0.4) is 0 Å². The highest BCUT2D eigenvalue weighted by Crippen LogP contribution is 2.34. The van der Waals surface area contributed by atoms with E-state index < -0.39 is 29.2 Å². The van der Waals surface area contributed by atoms with Crippen molar-refractivity contribution in [1.29, 1.82) is 0 Å². The summed E-state index contributed by atoms with van der Waals surface area (Å²) in [6, 6.07) is 4.72. The van der Waals surface area contributed by atoms with Crippen LogP contribution in [0.1, 0.15) is 37.3 Å². The zero-order valence-corrected chi connectivity index (χ0v) is 17.4. The van der Waals surface area contributed by atoms with Crippen LogP contribution >= 0.6 is 0 Å². The van der Waals surface area contributed by atoms with Gasteiger partial charge in [0, 0.05) is 25.6 Å². The number of carbonyl (C=O) groups is 2. The van der Waals surface area contributed by atoms with Crippen LogP contribution in [0.15, 0.2) is 24.3 Å². The first kappa shape index (κ1) is 22.4. The molecule has 2 heterocycles. The van der Waals surface area contributed by atoms with Gasteiger partial charge in [0.1, 0.15) is 0 Å². The number of alkyl halides is 3. The lowest BCUT2D eigenvalue weighted by molar-refractivity contribution is -0.147. The fourth-order valence-corrected chi connectivity index (χ4v) is 4.16. The van der Waals surface area contributed by atoms with Crippen molar-refractivity contribution in [3.63, 3.8) is 0 Å². The molecular weight excluding hydrogens is 401 g/mol. The second-order valence-corrected chi connectivity index (χ2v) is 8.49. The molecule has 0 radical (unpaired) electrons. The van der Waals surface area contributed by atoms with E-state index in [-0.39, 0.29) is 18.5 Å². The van der Waals surface area contributed by atoms with Gasteiger partial charge in [0.25, 0.3) is 0 Å². The van der Waals surface area contributed by atoms with E-state index >= 15 is 0 Å². The van der Waals surface area contributed by atoms with Crippen molar-refractivity contribution in [3.8, 4) is 0 Å². The molecule has 9 heteroatoms. The fourth-order valence-electron chi connectivity index (χ4n) is 4.16. The molecule has 166 valence electrons. The van der Waals surface area contributed by atoms with Crippen LogP contribution in [-0.4, -0.2) is 67.3 Å². The van der Waals surface area contributed by atoms with Gasteiger partial charge in [0.05, 0.1) is 37.3 Å². The Morgan fingerprint density at radius 2 is 1.80 bits per heavy atom. The third-order valence-electron chi connectivity index (χ3n) is 5.66. The maximum Gasteiger partial charge on any atom is 0.416 e. The van der Waals surface area contributed by atoms with Crippen molar-refractivity contribution in [2.45, 2.75) is 38.0 Å². The lowest BCUT2D eigenvalue weighted by Gasteiger charge is -2.43. The number of esters is 1. The van der Waals surface area contributed by atoms with Gasteiger partial charge in [-0.3, -0.25) is 4.79 Å². The topological polar surface area (TPSA) is 59.1 Å². The molecule has 2 aliphatic heterocycles. The predicted octanol–water partition coefficient (Wildman–Crippen LogP) is 3.51. The third kappa shape index (κ3) is 5.06. The maximum atomic E-state index is 13.2. The van der Waals surface area contributed by atoms with Gasteiger partial charge >= 0.3 is 18.2 Å². The van der Waals surface area contributed by atoms with Crippen molar-refractivity contribution < 1.29 is 32.2 Å². The highest BCUT2D eigenvalue weighted by Gasteiger charge is 2.39. The minimum atomic E-state index is -4.41.